The molecule has 0 fully saturated rings. The molecule has 4 heteroatoms. The van der Waals surface area contributed by atoms with E-state index >= 15 is 0 Å². The van der Waals surface area contributed by atoms with E-state index in [0.717, 1.165) is 4.48 Å². The Morgan fingerprint density at radius 1 is 0.520 bits per heavy atom. The number of hydrogen-bond acceptors (Lipinski definition) is 2. The van der Waals surface area contributed by atoms with Gasteiger partial charge < -0.3 is 31.7 Å². The minimum absolute atomic E-state index is 0. The van der Waals surface area contributed by atoms with E-state index in [9.17, 15) is 0 Å². The molecule has 0 unspecified atom stereocenters. The number of hydrogen-bond donors (Lipinski definition) is 2. The Balaban J connectivity index is -0.000000867. The van der Waals surface area contributed by atoms with E-state index in [-0.39, 0.29) is 30.2 Å². The Morgan fingerprint density at radius 2 is 0.800 bits per heavy atom. The molecule has 0 amide bonds. The molecule has 0 atom stereocenters. The molecule has 0 aliphatic carbocycles. The molecule has 0 saturated carbocycles. The monoisotopic (exact) mass is 425 g/mol. The second-order valence-electron chi connectivity index (χ2n) is 8.06. The lowest BCUT2D eigenvalue weighted by atomic mass is 10.0. The van der Waals surface area contributed by atoms with Gasteiger partial charge in [0.2, 0.25) is 0 Å². The molecule has 0 aliphatic rings. The number of aliphatic hydroxyl groups excluding tert-OH is 2. The van der Waals surface area contributed by atoms with Crippen LogP contribution in [0, 0.1) is 0 Å². The van der Waals surface area contributed by atoms with Crippen molar-refractivity contribution in [1.82, 2.24) is 0 Å². The summed E-state index contributed by atoms with van der Waals surface area (Å²) in [6.45, 7) is 3.38. The molecule has 0 rings (SSSR count). The summed E-state index contributed by atoms with van der Waals surface area (Å²) in [5, 5.41) is 15.2. The van der Waals surface area contributed by atoms with Gasteiger partial charge in [-0.05, 0) is 12.8 Å². The first kappa shape index (κ1) is 30.1. The number of unbranched alkanes of at least 4 members (excludes halogenated alkanes) is 13. The Kier molecular flexibility index (Phi) is 29.3. The molecule has 0 saturated heterocycles. The van der Waals surface area contributed by atoms with E-state index in [2.05, 4.69) is 28.1 Å². The maximum atomic E-state index is 7.62. The fourth-order valence-corrected chi connectivity index (χ4v) is 2.78. The van der Waals surface area contributed by atoms with E-state index in [1.54, 1.807) is 0 Å². The molecule has 2 N–H and O–H groups in total. The molecule has 25 heavy (non-hydrogen) atoms. The van der Waals surface area contributed by atoms with Gasteiger partial charge in [0, 0.05) is 0 Å². The standard InChI is InChI=1S/C19H42N.C2H6O2.BrH/c1-5-6-7-8-9-10-11-12-13-14-15-16-17-18-19-20(2,3)4;3-1-2-4;/h5-19H2,1-4H3;3-4H,1-2H2;1H/q+1;;/p-1. The molecule has 0 heterocycles. The lowest BCUT2D eigenvalue weighted by Crippen LogP contribution is -3.00. The molecule has 0 spiro atoms. The Labute approximate surface area is 169 Å². The summed E-state index contributed by atoms with van der Waals surface area (Å²) >= 11 is 0. The van der Waals surface area contributed by atoms with E-state index < -0.39 is 0 Å². The maximum absolute atomic E-state index is 7.62. The van der Waals surface area contributed by atoms with Crippen LogP contribution in [-0.4, -0.2) is 55.6 Å². The van der Waals surface area contributed by atoms with Crippen LogP contribution in [0.5, 0.6) is 0 Å². The van der Waals surface area contributed by atoms with Crippen molar-refractivity contribution in [2.45, 2.75) is 96.8 Å². The average Bonchev–Trinajstić information content (AvgIpc) is 2.54. The van der Waals surface area contributed by atoms with Crippen LogP contribution in [0.1, 0.15) is 96.8 Å². The highest BCUT2D eigenvalue weighted by Crippen LogP contribution is 2.13. The summed E-state index contributed by atoms with van der Waals surface area (Å²) in [6, 6.07) is 0. The van der Waals surface area contributed by atoms with Crippen LogP contribution in [0.3, 0.4) is 0 Å². The maximum Gasteiger partial charge on any atom is 0.0780 e. The van der Waals surface area contributed by atoms with Crippen molar-refractivity contribution in [3.8, 4) is 0 Å². The van der Waals surface area contributed by atoms with Gasteiger partial charge in [-0.2, -0.15) is 0 Å². The topological polar surface area (TPSA) is 40.5 Å². The van der Waals surface area contributed by atoms with Crippen molar-refractivity contribution in [3.63, 3.8) is 0 Å². The Bertz CT molecular complexity index is 218. The number of halogens is 1. The summed E-state index contributed by atoms with van der Waals surface area (Å²) in [7, 11) is 6.88. The minimum atomic E-state index is -0.125. The van der Waals surface area contributed by atoms with Crippen LogP contribution in [0.25, 0.3) is 0 Å². The van der Waals surface area contributed by atoms with Gasteiger partial charge in [-0.3, -0.25) is 0 Å². The first-order chi connectivity index (χ1) is 11.5. The van der Waals surface area contributed by atoms with Crippen LogP contribution >= 0.6 is 0 Å². The number of nitrogens with zero attached hydrogens (tertiary/aromatic N) is 1. The third-order valence-electron chi connectivity index (χ3n) is 4.28. The van der Waals surface area contributed by atoms with E-state index in [0.29, 0.717) is 0 Å². The van der Waals surface area contributed by atoms with Gasteiger partial charge in [-0.1, -0.05) is 84.0 Å². The summed E-state index contributed by atoms with van der Waals surface area (Å²) in [5.41, 5.74) is 0. The van der Waals surface area contributed by atoms with E-state index in [1.165, 1.54) is 96.4 Å². The van der Waals surface area contributed by atoms with Crippen molar-refractivity contribution in [2.75, 3.05) is 40.9 Å². The fourth-order valence-electron chi connectivity index (χ4n) is 2.78. The fraction of sp³-hybridized carbons (Fsp3) is 1.00. The largest absolute Gasteiger partial charge is 1.00 e. The predicted octanol–water partition coefficient (Wildman–Crippen LogP) is 2.15. The van der Waals surface area contributed by atoms with Crippen molar-refractivity contribution in [1.29, 1.82) is 0 Å². The molecule has 3 nitrogen and oxygen atoms in total. The normalized spacial score (nSPS) is 10.8. The summed E-state index contributed by atoms with van der Waals surface area (Å²) in [5.74, 6) is 0. The summed E-state index contributed by atoms with van der Waals surface area (Å²) in [6.07, 6.45) is 20.4. The van der Waals surface area contributed by atoms with Crippen LogP contribution in [0.2, 0.25) is 0 Å². The lowest BCUT2D eigenvalue weighted by Gasteiger charge is -2.23. The van der Waals surface area contributed by atoms with Crippen LogP contribution in [-0.2, 0) is 0 Å². The quantitative estimate of drug-likeness (QED) is 0.293. The van der Waals surface area contributed by atoms with Crippen LogP contribution in [0.15, 0.2) is 0 Å². The number of quaternary nitrogens is 1. The molecule has 0 bridgehead atoms. The molecule has 0 aromatic heterocycles. The zero-order valence-corrected chi connectivity index (χ0v) is 19.3. The molecule has 0 aromatic carbocycles. The number of rotatable bonds is 16. The molecule has 156 valence electrons. The third-order valence-corrected chi connectivity index (χ3v) is 4.28. The highest BCUT2D eigenvalue weighted by atomic mass is 79.9. The molecule has 0 aliphatic heterocycles. The lowest BCUT2D eigenvalue weighted by molar-refractivity contribution is -0.870. The van der Waals surface area contributed by atoms with Gasteiger partial charge >= 0.3 is 0 Å². The Morgan fingerprint density at radius 3 is 1.04 bits per heavy atom. The highest BCUT2D eigenvalue weighted by Gasteiger charge is 2.04. The average molecular weight is 427 g/mol. The molecule has 0 radical (unpaired) electrons. The van der Waals surface area contributed by atoms with Crippen molar-refractivity contribution >= 4 is 0 Å². The minimum Gasteiger partial charge on any atom is -1.00 e. The number of aliphatic hydroxyl groups is 2. The first-order valence-corrected chi connectivity index (χ1v) is 10.5. The van der Waals surface area contributed by atoms with Gasteiger partial charge in [-0.25, -0.2) is 0 Å². The van der Waals surface area contributed by atoms with E-state index in [4.69, 9.17) is 10.2 Å². The highest BCUT2D eigenvalue weighted by molar-refractivity contribution is 4.49. The second-order valence-corrected chi connectivity index (χ2v) is 8.06. The van der Waals surface area contributed by atoms with Crippen LogP contribution in [0.4, 0.5) is 0 Å². The summed E-state index contributed by atoms with van der Waals surface area (Å²) < 4.78 is 1.12. The van der Waals surface area contributed by atoms with E-state index in [1.807, 2.05) is 0 Å². The molecular formula is C21H48BrNO2. The molecular weight excluding hydrogens is 378 g/mol. The van der Waals surface area contributed by atoms with Crippen molar-refractivity contribution < 1.29 is 31.7 Å². The van der Waals surface area contributed by atoms with Gasteiger partial charge in [0.05, 0.1) is 40.9 Å². The predicted molar refractivity (Wildman–Crippen MR) is 107 cm³/mol. The van der Waals surface area contributed by atoms with Crippen molar-refractivity contribution in [2.24, 2.45) is 0 Å². The zero-order chi connectivity index (χ0) is 18.5. The van der Waals surface area contributed by atoms with Crippen molar-refractivity contribution in [3.05, 3.63) is 0 Å². The molecule has 0 aromatic rings. The Hall–Kier alpha value is 0.360. The van der Waals surface area contributed by atoms with Gasteiger partial charge in [-0.15, -0.1) is 0 Å². The van der Waals surface area contributed by atoms with Gasteiger partial charge in [0.15, 0.2) is 0 Å². The third kappa shape index (κ3) is 36.1. The van der Waals surface area contributed by atoms with Crippen LogP contribution < -0.4 is 17.0 Å². The zero-order valence-electron chi connectivity index (χ0n) is 17.7. The van der Waals surface area contributed by atoms with Gasteiger partial charge in [0.1, 0.15) is 0 Å². The summed E-state index contributed by atoms with van der Waals surface area (Å²) in [4.78, 5) is 0. The van der Waals surface area contributed by atoms with Gasteiger partial charge in [0.25, 0.3) is 0 Å². The first-order valence-electron chi connectivity index (χ1n) is 10.5. The SMILES string of the molecule is CCCCCCCCCCCCCCCC[N+](C)(C)C.OCCO.[Br-]. The smallest absolute Gasteiger partial charge is 0.0780 e. The second kappa shape index (κ2) is 24.4.